The summed E-state index contributed by atoms with van der Waals surface area (Å²) in [5, 5.41) is 2.15. The van der Waals surface area contributed by atoms with Crippen molar-refractivity contribution < 1.29 is 0 Å². The highest BCUT2D eigenvalue weighted by molar-refractivity contribution is 9.10. The molecule has 0 saturated carbocycles. The molecule has 0 amide bonds. The molecule has 1 heterocycles. The van der Waals surface area contributed by atoms with Crippen LogP contribution in [0.2, 0.25) is 10.2 Å². The third kappa shape index (κ3) is 2.44. The van der Waals surface area contributed by atoms with Crippen molar-refractivity contribution in [2.24, 2.45) is 0 Å². The maximum absolute atomic E-state index is 6.24. The van der Waals surface area contributed by atoms with Gasteiger partial charge in [0.05, 0.1) is 10.5 Å². The minimum absolute atomic E-state index is 0.0517. The number of halogens is 3. The Bertz CT molecular complexity index is 588. The second-order valence-corrected chi connectivity index (χ2v) is 6.62. The van der Waals surface area contributed by atoms with Crippen LogP contribution in [0.1, 0.15) is 26.3 Å². The Morgan fingerprint density at radius 1 is 1.18 bits per heavy atom. The molecule has 0 N–H and O–H groups in total. The van der Waals surface area contributed by atoms with Gasteiger partial charge in [-0.1, -0.05) is 44.0 Å². The highest BCUT2D eigenvalue weighted by atomic mass is 79.9. The van der Waals surface area contributed by atoms with Crippen LogP contribution in [-0.4, -0.2) is 4.98 Å². The minimum atomic E-state index is -0.0517. The molecule has 1 aromatic heterocycles. The van der Waals surface area contributed by atoms with Crippen molar-refractivity contribution in [3.63, 3.8) is 0 Å². The average molecular weight is 333 g/mol. The summed E-state index contributed by atoms with van der Waals surface area (Å²) in [5.74, 6) is 0. The third-order valence-electron chi connectivity index (χ3n) is 2.64. The van der Waals surface area contributed by atoms with Crippen molar-refractivity contribution in [3.05, 3.63) is 38.4 Å². The average Bonchev–Trinajstić information content (AvgIpc) is 2.21. The molecule has 0 radical (unpaired) electrons. The molecule has 0 unspecified atom stereocenters. The standard InChI is InChI=1S/C13H12BrCl2N/c1-13(2,3)8-6-7-10(15)5-4-9(14)11(7)17-12(8)16/h4-6H,1-3H3. The molecule has 0 aliphatic carbocycles. The molecule has 0 aliphatic rings. The monoisotopic (exact) mass is 331 g/mol. The van der Waals surface area contributed by atoms with Crippen LogP contribution < -0.4 is 0 Å². The Kier molecular flexibility index (Phi) is 3.41. The molecular weight excluding hydrogens is 321 g/mol. The Balaban J connectivity index is 2.85. The zero-order chi connectivity index (χ0) is 12.8. The van der Waals surface area contributed by atoms with Gasteiger partial charge in [-0.05, 0) is 45.1 Å². The van der Waals surface area contributed by atoms with E-state index in [-0.39, 0.29) is 5.41 Å². The largest absolute Gasteiger partial charge is 0.235 e. The van der Waals surface area contributed by atoms with Crippen molar-refractivity contribution in [1.29, 1.82) is 0 Å². The summed E-state index contributed by atoms with van der Waals surface area (Å²) < 4.78 is 0.902. The molecule has 0 aliphatic heterocycles. The van der Waals surface area contributed by atoms with E-state index in [9.17, 15) is 0 Å². The summed E-state index contributed by atoms with van der Waals surface area (Å²) in [6.07, 6.45) is 0. The minimum Gasteiger partial charge on any atom is -0.235 e. The lowest BCUT2D eigenvalue weighted by Crippen LogP contribution is -2.12. The predicted molar refractivity (Wildman–Crippen MR) is 78.2 cm³/mol. The number of pyridine rings is 1. The number of fused-ring (bicyclic) bond motifs is 1. The van der Waals surface area contributed by atoms with Crippen LogP contribution in [0.3, 0.4) is 0 Å². The number of rotatable bonds is 0. The summed E-state index contributed by atoms with van der Waals surface area (Å²) in [6.45, 7) is 6.31. The van der Waals surface area contributed by atoms with E-state index in [0.29, 0.717) is 10.2 Å². The van der Waals surface area contributed by atoms with Crippen LogP contribution in [0.25, 0.3) is 10.9 Å². The topological polar surface area (TPSA) is 12.9 Å². The lowest BCUT2D eigenvalue weighted by molar-refractivity contribution is 0.589. The third-order valence-corrected chi connectivity index (χ3v) is 3.90. The number of aromatic nitrogens is 1. The number of hydrogen-bond donors (Lipinski definition) is 0. The van der Waals surface area contributed by atoms with E-state index in [1.54, 1.807) is 0 Å². The van der Waals surface area contributed by atoms with Gasteiger partial charge in [0.2, 0.25) is 0 Å². The summed E-state index contributed by atoms with van der Waals surface area (Å²) in [6, 6.07) is 5.76. The predicted octanol–water partition coefficient (Wildman–Crippen LogP) is 5.60. The second-order valence-electron chi connectivity index (χ2n) is 5.00. The lowest BCUT2D eigenvalue weighted by Gasteiger charge is -2.21. The molecule has 90 valence electrons. The first kappa shape index (κ1) is 13.1. The van der Waals surface area contributed by atoms with Crippen LogP contribution >= 0.6 is 39.1 Å². The highest BCUT2D eigenvalue weighted by Crippen LogP contribution is 2.35. The van der Waals surface area contributed by atoms with E-state index in [0.717, 1.165) is 20.9 Å². The molecule has 1 nitrogen and oxygen atoms in total. The van der Waals surface area contributed by atoms with Gasteiger partial charge in [0.1, 0.15) is 5.15 Å². The molecule has 1 aromatic carbocycles. The van der Waals surface area contributed by atoms with Crippen molar-refractivity contribution >= 4 is 50.0 Å². The maximum atomic E-state index is 6.24. The van der Waals surface area contributed by atoms with Crippen LogP contribution in [-0.2, 0) is 5.41 Å². The van der Waals surface area contributed by atoms with Crippen molar-refractivity contribution in [1.82, 2.24) is 4.98 Å². The first-order chi connectivity index (χ1) is 7.80. The van der Waals surface area contributed by atoms with Gasteiger partial charge in [0, 0.05) is 9.86 Å². The molecule has 0 bridgehead atoms. The van der Waals surface area contributed by atoms with Gasteiger partial charge in [-0.3, -0.25) is 0 Å². The Morgan fingerprint density at radius 3 is 2.41 bits per heavy atom. The van der Waals surface area contributed by atoms with Gasteiger partial charge < -0.3 is 0 Å². The number of nitrogens with zero attached hydrogens (tertiary/aromatic N) is 1. The summed E-state index contributed by atoms with van der Waals surface area (Å²) in [5.41, 5.74) is 1.76. The van der Waals surface area contributed by atoms with E-state index < -0.39 is 0 Å². The Labute approximate surface area is 119 Å². The molecule has 17 heavy (non-hydrogen) atoms. The molecule has 2 rings (SSSR count). The van der Waals surface area contributed by atoms with Gasteiger partial charge in [-0.2, -0.15) is 0 Å². The molecule has 0 spiro atoms. The SMILES string of the molecule is CC(C)(C)c1cc2c(Cl)ccc(Br)c2nc1Cl. The van der Waals surface area contributed by atoms with Gasteiger partial charge in [-0.25, -0.2) is 4.98 Å². The number of hydrogen-bond acceptors (Lipinski definition) is 1. The van der Waals surface area contributed by atoms with Gasteiger partial charge in [0.25, 0.3) is 0 Å². The summed E-state index contributed by atoms with van der Waals surface area (Å²) >= 11 is 15.9. The summed E-state index contributed by atoms with van der Waals surface area (Å²) in [4.78, 5) is 4.44. The second kappa shape index (κ2) is 4.42. The first-order valence-corrected chi connectivity index (χ1v) is 6.80. The van der Waals surface area contributed by atoms with E-state index >= 15 is 0 Å². The van der Waals surface area contributed by atoms with Crippen LogP contribution in [0, 0.1) is 0 Å². The molecule has 0 atom stereocenters. The molecule has 4 heteroatoms. The van der Waals surface area contributed by atoms with Gasteiger partial charge >= 0.3 is 0 Å². The Morgan fingerprint density at radius 2 is 1.82 bits per heavy atom. The molecular formula is C13H12BrCl2N. The van der Waals surface area contributed by atoms with Crippen LogP contribution in [0.4, 0.5) is 0 Å². The van der Waals surface area contributed by atoms with E-state index in [4.69, 9.17) is 23.2 Å². The highest BCUT2D eigenvalue weighted by Gasteiger charge is 2.20. The first-order valence-electron chi connectivity index (χ1n) is 5.25. The fourth-order valence-electron chi connectivity index (χ4n) is 1.70. The number of benzene rings is 1. The maximum Gasteiger partial charge on any atom is 0.133 e. The lowest BCUT2D eigenvalue weighted by atomic mass is 9.87. The van der Waals surface area contributed by atoms with Crippen molar-refractivity contribution in [3.8, 4) is 0 Å². The zero-order valence-electron chi connectivity index (χ0n) is 9.81. The van der Waals surface area contributed by atoms with E-state index in [2.05, 4.69) is 41.7 Å². The summed E-state index contributed by atoms with van der Waals surface area (Å²) in [7, 11) is 0. The van der Waals surface area contributed by atoms with Crippen molar-refractivity contribution in [2.75, 3.05) is 0 Å². The van der Waals surface area contributed by atoms with E-state index in [1.165, 1.54) is 0 Å². The van der Waals surface area contributed by atoms with Gasteiger partial charge in [0.15, 0.2) is 0 Å². The fourth-order valence-corrected chi connectivity index (χ4v) is 2.76. The zero-order valence-corrected chi connectivity index (χ0v) is 12.9. The quantitative estimate of drug-likeness (QED) is 0.572. The molecule has 0 fully saturated rings. The smallest absolute Gasteiger partial charge is 0.133 e. The van der Waals surface area contributed by atoms with Crippen LogP contribution in [0.5, 0.6) is 0 Å². The van der Waals surface area contributed by atoms with Crippen molar-refractivity contribution in [2.45, 2.75) is 26.2 Å². The molecule has 0 saturated heterocycles. The fraction of sp³-hybridized carbons (Fsp3) is 0.308. The van der Waals surface area contributed by atoms with Crippen LogP contribution in [0.15, 0.2) is 22.7 Å². The van der Waals surface area contributed by atoms with E-state index in [1.807, 2.05) is 18.2 Å². The Hall–Kier alpha value is -0.310. The molecule has 2 aromatic rings. The normalized spacial score (nSPS) is 12.1. The van der Waals surface area contributed by atoms with Gasteiger partial charge in [-0.15, -0.1) is 0 Å².